The Morgan fingerprint density at radius 1 is 1.41 bits per heavy atom. The molecule has 1 saturated heterocycles. The van der Waals surface area contributed by atoms with Gasteiger partial charge in [-0.25, -0.2) is 0 Å². The molecule has 2 nitrogen and oxygen atoms in total. The van der Waals surface area contributed by atoms with Crippen LogP contribution in [0.25, 0.3) is 0 Å². The van der Waals surface area contributed by atoms with Crippen molar-refractivity contribution in [1.82, 2.24) is 5.32 Å². The van der Waals surface area contributed by atoms with E-state index in [9.17, 15) is 0 Å². The topological polar surface area (TPSA) is 15.3 Å². The first-order valence-electron chi connectivity index (χ1n) is 6.47. The molecule has 2 aliphatic heterocycles. The van der Waals surface area contributed by atoms with Crippen LogP contribution in [0, 0.1) is 0 Å². The number of nitrogens with zero attached hydrogens (tertiary/aromatic N) is 1. The summed E-state index contributed by atoms with van der Waals surface area (Å²) in [4.78, 5) is 2.35. The lowest BCUT2D eigenvalue weighted by Crippen LogP contribution is -2.28. The summed E-state index contributed by atoms with van der Waals surface area (Å²) in [6.45, 7) is 4.65. The first kappa shape index (κ1) is 11.4. The molecule has 0 radical (unpaired) electrons. The van der Waals surface area contributed by atoms with E-state index in [1.54, 1.807) is 0 Å². The smallest absolute Gasteiger partial charge is 0.0792 e. The van der Waals surface area contributed by atoms with Crippen LogP contribution in [0.5, 0.6) is 0 Å². The summed E-state index contributed by atoms with van der Waals surface area (Å²) in [5.41, 5.74) is 4.39. The summed E-state index contributed by atoms with van der Waals surface area (Å²) < 4.78 is 0. The van der Waals surface area contributed by atoms with E-state index >= 15 is 0 Å². The van der Waals surface area contributed by atoms with Gasteiger partial charge in [0.2, 0.25) is 0 Å². The van der Waals surface area contributed by atoms with Gasteiger partial charge in [0.15, 0.2) is 0 Å². The molecule has 0 bridgehead atoms. The van der Waals surface area contributed by atoms with Crippen molar-refractivity contribution >= 4 is 17.4 Å². The SMILES string of the molecule is CC1CCNC(c2ccc3c(c2)CCN3C)S1. The Kier molecular flexibility index (Phi) is 3.05. The summed E-state index contributed by atoms with van der Waals surface area (Å²) in [5.74, 6) is 0. The molecular formula is C14H20N2S. The molecule has 1 fully saturated rings. The van der Waals surface area contributed by atoms with Crippen LogP contribution in [0.3, 0.4) is 0 Å². The second-order valence-electron chi connectivity index (χ2n) is 5.13. The van der Waals surface area contributed by atoms with Gasteiger partial charge < -0.3 is 10.2 Å². The van der Waals surface area contributed by atoms with Gasteiger partial charge in [-0.2, -0.15) is 0 Å². The summed E-state index contributed by atoms with van der Waals surface area (Å²) in [6, 6.07) is 6.99. The molecule has 2 aliphatic rings. The fourth-order valence-corrected chi connectivity index (χ4v) is 3.95. The van der Waals surface area contributed by atoms with Crippen molar-refractivity contribution < 1.29 is 0 Å². The van der Waals surface area contributed by atoms with Crippen molar-refractivity contribution in [2.45, 2.75) is 30.4 Å². The van der Waals surface area contributed by atoms with Crippen LogP contribution in [-0.2, 0) is 6.42 Å². The van der Waals surface area contributed by atoms with Gasteiger partial charge >= 0.3 is 0 Å². The van der Waals surface area contributed by atoms with Gasteiger partial charge in [-0.05, 0) is 36.6 Å². The first-order valence-corrected chi connectivity index (χ1v) is 7.41. The van der Waals surface area contributed by atoms with Crippen LogP contribution in [-0.4, -0.2) is 25.4 Å². The van der Waals surface area contributed by atoms with Crippen molar-refractivity contribution in [1.29, 1.82) is 0 Å². The van der Waals surface area contributed by atoms with Gasteiger partial charge in [0.25, 0.3) is 0 Å². The molecule has 0 aromatic heterocycles. The largest absolute Gasteiger partial charge is 0.374 e. The fourth-order valence-electron chi connectivity index (χ4n) is 2.71. The van der Waals surface area contributed by atoms with Crippen LogP contribution in [0.1, 0.15) is 29.8 Å². The van der Waals surface area contributed by atoms with Crippen LogP contribution < -0.4 is 10.2 Å². The molecule has 3 heteroatoms. The predicted molar refractivity (Wildman–Crippen MR) is 75.8 cm³/mol. The molecule has 0 aliphatic carbocycles. The summed E-state index contributed by atoms with van der Waals surface area (Å²) in [5, 5.41) is 4.89. The average molecular weight is 248 g/mol. The zero-order chi connectivity index (χ0) is 11.8. The van der Waals surface area contributed by atoms with Gasteiger partial charge in [-0.15, -0.1) is 11.8 Å². The quantitative estimate of drug-likeness (QED) is 0.823. The van der Waals surface area contributed by atoms with E-state index in [2.05, 4.69) is 54.1 Å². The monoisotopic (exact) mass is 248 g/mol. The van der Waals surface area contributed by atoms with Gasteiger partial charge in [0.1, 0.15) is 0 Å². The number of hydrogen-bond acceptors (Lipinski definition) is 3. The van der Waals surface area contributed by atoms with Crippen LogP contribution in [0.2, 0.25) is 0 Å². The van der Waals surface area contributed by atoms with Gasteiger partial charge in [0, 0.05) is 24.5 Å². The van der Waals surface area contributed by atoms with Crippen molar-refractivity contribution in [3.05, 3.63) is 29.3 Å². The number of fused-ring (bicyclic) bond motifs is 1. The minimum Gasteiger partial charge on any atom is -0.374 e. The molecule has 2 atom stereocenters. The van der Waals surface area contributed by atoms with Crippen LogP contribution >= 0.6 is 11.8 Å². The van der Waals surface area contributed by atoms with Gasteiger partial charge in [-0.3, -0.25) is 0 Å². The Bertz CT molecular complexity index is 419. The lowest BCUT2D eigenvalue weighted by Gasteiger charge is -2.28. The van der Waals surface area contributed by atoms with E-state index in [1.165, 1.54) is 36.2 Å². The van der Waals surface area contributed by atoms with Gasteiger partial charge in [-0.1, -0.05) is 19.1 Å². The molecule has 2 heterocycles. The van der Waals surface area contributed by atoms with E-state index in [4.69, 9.17) is 0 Å². The minimum absolute atomic E-state index is 0.495. The van der Waals surface area contributed by atoms with E-state index < -0.39 is 0 Å². The van der Waals surface area contributed by atoms with Crippen molar-refractivity contribution in [2.75, 3.05) is 25.0 Å². The van der Waals surface area contributed by atoms with Crippen molar-refractivity contribution in [3.8, 4) is 0 Å². The average Bonchev–Trinajstić information content (AvgIpc) is 2.71. The Balaban J connectivity index is 1.84. The van der Waals surface area contributed by atoms with E-state index in [0.29, 0.717) is 5.37 Å². The number of likely N-dealkylation sites (N-methyl/N-ethyl adjacent to an activating group) is 1. The third-order valence-electron chi connectivity index (χ3n) is 3.78. The third kappa shape index (κ3) is 2.18. The summed E-state index contributed by atoms with van der Waals surface area (Å²) in [6.07, 6.45) is 2.49. The van der Waals surface area contributed by atoms with Crippen LogP contribution in [0.4, 0.5) is 5.69 Å². The Morgan fingerprint density at radius 3 is 3.12 bits per heavy atom. The van der Waals surface area contributed by atoms with E-state index in [1.807, 2.05) is 0 Å². The van der Waals surface area contributed by atoms with Gasteiger partial charge in [0.05, 0.1) is 5.37 Å². The number of thioether (sulfide) groups is 1. The molecule has 1 aromatic rings. The third-order valence-corrected chi connectivity index (χ3v) is 5.19. The highest BCUT2D eigenvalue weighted by Crippen LogP contribution is 2.37. The Labute approximate surface area is 108 Å². The number of benzene rings is 1. The summed E-state index contributed by atoms with van der Waals surface area (Å²) >= 11 is 2.06. The number of nitrogens with one attached hydrogen (secondary N) is 1. The molecule has 3 rings (SSSR count). The highest BCUT2D eigenvalue weighted by atomic mass is 32.2. The minimum atomic E-state index is 0.495. The lowest BCUT2D eigenvalue weighted by molar-refractivity contribution is 0.605. The molecule has 1 N–H and O–H groups in total. The van der Waals surface area contributed by atoms with Crippen molar-refractivity contribution in [3.63, 3.8) is 0 Å². The molecule has 0 spiro atoms. The molecule has 0 saturated carbocycles. The molecule has 92 valence electrons. The maximum atomic E-state index is 3.62. The van der Waals surface area contributed by atoms with Crippen LogP contribution in [0.15, 0.2) is 18.2 Å². The zero-order valence-electron chi connectivity index (χ0n) is 10.6. The molecule has 17 heavy (non-hydrogen) atoms. The highest BCUT2D eigenvalue weighted by molar-refractivity contribution is 8.00. The number of rotatable bonds is 1. The normalized spacial score (nSPS) is 28.2. The highest BCUT2D eigenvalue weighted by Gasteiger charge is 2.22. The molecule has 0 amide bonds. The second-order valence-corrected chi connectivity index (χ2v) is 6.68. The fraction of sp³-hybridized carbons (Fsp3) is 0.571. The Morgan fingerprint density at radius 2 is 2.29 bits per heavy atom. The molecule has 1 aromatic carbocycles. The first-order chi connectivity index (χ1) is 8.24. The van der Waals surface area contributed by atoms with E-state index in [-0.39, 0.29) is 0 Å². The van der Waals surface area contributed by atoms with Crippen molar-refractivity contribution in [2.24, 2.45) is 0 Å². The number of hydrogen-bond donors (Lipinski definition) is 1. The zero-order valence-corrected chi connectivity index (χ0v) is 11.4. The predicted octanol–water partition coefficient (Wildman–Crippen LogP) is 2.79. The molecular weight excluding hydrogens is 228 g/mol. The van der Waals surface area contributed by atoms with E-state index in [0.717, 1.165) is 11.8 Å². The standard InChI is InChI=1S/C14H20N2S/c1-10-5-7-15-14(17-10)12-3-4-13-11(9-12)6-8-16(13)2/h3-4,9-10,14-15H,5-8H2,1-2H3. The second kappa shape index (κ2) is 4.54. The maximum absolute atomic E-state index is 3.62. The number of anilines is 1. The Hall–Kier alpha value is -0.670. The summed E-state index contributed by atoms with van der Waals surface area (Å²) in [7, 11) is 2.18. The maximum Gasteiger partial charge on any atom is 0.0792 e. The lowest BCUT2D eigenvalue weighted by atomic mass is 10.1. The molecule has 2 unspecified atom stereocenters.